The van der Waals surface area contributed by atoms with E-state index in [4.69, 9.17) is 34.3 Å². The van der Waals surface area contributed by atoms with Gasteiger partial charge in [-0.1, -0.05) is 23.8 Å². The predicted octanol–water partition coefficient (Wildman–Crippen LogP) is 3.32. The third-order valence-electron chi connectivity index (χ3n) is 2.23. The van der Waals surface area contributed by atoms with Crippen molar-refractivity contribution in [2.24, 2.45) is 5.73 Å². The van der Waals surface area contributed by atoms with Crippen LogP contribution in [-0.4, -0.2) is 9.97 Å². The number of aromatic nitrogens is 1. The van der Waals surface area contributed by atoms with E-state index < -0.39 is 0 Å². The first kappa shape index (κ1) is 13.3. The summed E-state index contributed by atoms with van der Waals surface area (Å²) in [7, 11) is 0. The molecular formula is C12H11ClN2OS2. The highest BCUT2D eigenvalue weighted by molar-refractivity contribution is 7.80. The van der Waals surface area contributed by atoms with E-state index in [2.05, 4.69) is 4.98 Å². The van der Waals surface area contributed by atoms with Gasteiger partial charge in [0.25, 0.3) is 0 Å². The molecule has 0 unspecified atom stereocenters. The summed E-state index contributed by atoms with van der Waals surface area (Å²) in [5, 5.41) is 3.42. The van der Waals surface area contributed by atoms with Gasteiger partial charge in [0.1, 0.15) is 22.4 Å². The van der Waals surface area contributed by atoms with Crippen LogP contribution in [0.25, 0.3) is 0 Å². The van der Waals surface area contributed by atoms with Gasteiger partial charge in [0.2, 0.25) is 0 Å². The molecule has 0 spiro atoms. The van der Waals surface area contributed by atoms with Crippen LogP contribution in [0, 0.1) is 6.92 Å². The van der Waals surface area contributed by atoms with Gasteiger partial charge in [0, 0.05) is 16.6 Å². The van der Waals surface area contributed by atoms with E-state index in [1.165, 1.54) is 0 Å². The second-order valence-electron chi connectivity index (χ2n) is 3.68. The molecule has 0 fully saturated rings. The molecule has 18 heavy (non-hydrogen) atoms. The van der Waals surface area contributed by atoms with Crippen molar-refractivity contribution in [1.82, 2.24) is 4.98 Å². The van der Waals surface area contributed by atoms with Gasteiger partial charge in [-0.25, -0.2) is 4.98 Å². The number of thiazole rings is 1. The molecule has 1 aromatic heterocycles. The normalized spacial score (nSPS) is 10.3. The Morgan fingerprint density at radius 1 is 1.56 bits per heavy atom. The van der Waals surface area contributed by atoms with Gasteiger partial charge in [0.15, 0.2) is 0 Å². The minimum absolute atomic E-state index is 0.280. The maximum absolute atomic E-state index is 6.05. The van der Waals surface area contributed by atoms with Gasteiger partial charge >= 0.3 is 0 Å². The summed E-state index contributed by atoms with van der Waals surface area (Å²) >= 11 is 12.5. The SMILES string of the molecule is Cc1csc(COc2ccc(C(N)=S)c(Cl)c2)n1. The Hall–Kier alpha value is -1.17. The monoisotopic (exact) mass is 298 g/mol. The summed E-state index contributed by atoms with van der Waals surface area (Å²) < 4.78 is 5.60. The summed E-state index contributed by atoms with van der Waals surface area (Å²) in [5.41, 5.74) is 7.19. The highest BCUT2D eigenvalue weighted by Crippen LogP contribution is 2.23. The van der Waals surface area contributed by atoms with Crippen molar-refractivity contribution >= 4 is 40.1 Å². The van der Waals surface area contributed by atoms with Crippen LogP contribution in [0.1, 0.15) is 16.3 Å². The quantitative estimate of drug-likeness (QED) is 0.880. The summed E-state index contributed by atoms with van der Waals surface area (Å²) in [4.78, 5) is 4.59. The zero-order chi connectivity index (χ0) is 13.1. The van der Waals surface area contributed by atoms with Crippen molar-refractivity contribution in [2.45, 2.75) is 13.5 Å². The zero-order valence-electron chi connectivity index (χ0n) is 9.64. The standard InChI is InChI=1S/C12H11ClN2OS2/c1-7-6-18-11(15-7)5-16-8-2-3-9(12(14)17)10(13)4-8/h2-4,6H,5H2,1H3,(H2,14,17). The summed E-state index contributed by atoms with van der Waals surface area (Å²) in [6.07, 6.45) is 0. The molecule has 0 aliphatic rings. The van der Waals surface area contributed by atoms with Crippen LogP contribution in [0.5, 0.6) is 5.75 Å². The second kappa shape index (κ2) is 5.65. The average molecular weight is 299 g/mol. The second-order valence-corrected chi connectivity index (χ2v) is 5.47. The summed E-state index contributed by atoms with van der Waals surface area (Å²) in [6.45, 7) is 2.38. The van der Waals surface area contributed by atoms with E-state index in [-0.39, 0.29) is 4.99 Å². The van der Waals surface area contributed by atoms with Crippen molar-refractivity contribution in [3.63, 3.8) is 0 Å². The Morgan fingerprint density at radius 3 is 2.89 bits per heavy atom. The first-order valence-electron chi connectivity index (χ1n) is 5.19. The molecule has 0 aliphatic carbocycles. The molecule has 2 rings (SSSR count). The fraction of sp³-hybridized carbons (Fsp3) is 0.167. The van der Waals surface area contributed by atoms with Crippen molar-refractivity contribution < 1.29 is 4.74 Å². The Bertz CT molecular complexity index is 583. The van der Waals surface area contributed by atoms with Gasteiger partial charge in [-0.2, -0.15) is 0 Å². The molecule has 2 N–H and O–H groups in total. The Balaban J connectivity index is 2.06. The molecule has 0 aliphatic heterocycles. The third kappa shape index (κ3) is 3.19. The number of hydrogen-bond acceptors (Lipinski definition) is 4. The van der Waals surface area contributed by atoms with E-state index in [9.17, 15) is 0 Å². The number of nitrogens with two attached hydrogens (primary N) is 1. The Kier molecular flexibility index (Phi) is 4.16. The first-order valence-corrected chi connectivity index (χ1v) is 6.86. The molecule has 0 bridgehead atoms. The van der Waals surface area contributed by atoms with Crippen molar-refractivity contribution in [3.8, 4) is 5.75 Å². The number of nitrogens with zero attached hydrogens (tertiary/aromatic N) is 1. The van der Waals surface area contributed by atoms with Crippen LogP contribution in [-0.2, 0) is 6.61 Å². The summed E-state index contributed by atoms with van der Waals surface area (Å²) in [6, 6.07) is 5.25. The highest BCUT2D eigenvalue weighted by Gasteiger charge is 2.06. The molecule has 94 valence electrons. The molecule has 1 heterocycles. The lowest BCUT2D eigenvalue weighted by molar-refractivity contribution is 0.305. The van der Waals surface area contributed by atoms with Crippen LogP contribution < -0.4 is 10.5 Å². The van der Waals surface area contributed by atoms with E-state index in [0.717, 1.165) is 10.7 Å². The number of aryl methyl sites for hydroxylation is 1. The predicted molar refractivity (Wildman–Crippen MR) is 78.5 cm³/mol. The molecule has 2 aromatic rings. The van der Waals surface area contributed by atoms with Crippen LogP contribution in [0.3, 0.4) is 0 Å². The lowest BCUT2D eigenvalue weighted by atomic mass is 10.2. The lowest BCUT2D eigenvalue weighted by Gasteiger charge is -2.07. The molecule has 6 heteroatoms. The maximum atomic E-state index is 6.05. The topological polar surface area (TPSA) is 48.1 Å². The minimum Gasteiger partial charge on any atom is -0.486 e. The van der Waals surface area contributed by atoms with Crippen LogP contribution in [0.4, 0.5) is 0 Å². The van der Waals surface area contributed by atoms with Crippen molar-refractivity contribution in [2.75, 3.05) is 0 Å². The number of rotatable bonds is 4. The fourth-order valence-electron chi connectivity index (χ4n) is 1.40. The minimum atomic E-state index is 0.280. The van der Waals surface area contributed by atoms with Crippen LogP contribution in [0.15, 0.2) is 23.6 Å². The zero-order valence-corrected chi connectivity index (χ0v) is 12.0. The van der Waals surface area contributed by atoms with Gasteiger partial charge in [0.05, 0.1) is 5.02 Å². The van der Waals surface area contributed by atoms with Crippen molar-refractivity contribution in [1.29, 1.82) is 0 Å². The molecule has 1 aromatic carbocycles. The molecule has 0 radical (unpaired) electrons. The van der Waals surface area contributed by atoms with E-state index in [1.54, 1.807) is 29.5 Å². The van der Waals surface area contributed by atoms with Crippen LogP contribution >= 0.6 is 35.2 Å². The maximum Gasteiger partial charge on any atom is 0.140 e. The third-order valence-corrected chi connectivity index (χ3v) is 3.71. The number of hydrogen-bond donors (Lipinski definition) is 1. The number of benzene rings is 1. The number of ether oxygens (including phenoxy) is 1. The fourth-order valence-corrected chi connectivity index (χ4v) is 2.59. The molecule has 0 saturated carbocycles. The Labute approximate surface area is 120 Å². The van der Waals surface area contributed by atoms with Gasteiger partial charge < -0.3 is 10.5 Å². The first-order chi connectivity index (χ1) is 8.56. The van der Waals surface area contributed by atoms with Gasteiger partial charge in [-0.05, 0) is 25.1 Å². The van der Waals surface area contributed by atoms with Gasteiger partial charge in [-0.3, -0.25) is 0 Å². The smallest absolute Gasteiger partial charge is 0.140 e. The van der Waals surface area contributed by atoms with E-state index in [0.29, 0.717) is 22.9 Å². The lowest BCUT2D eigenvalue weighted by Crippen LogP contribution is -2.09. The van der Waals surface area contributed by atoms with E-state index >= 15 is 0 Å². The van der Waals surface area contributed by atoms with Crippen LogP contribution in [0.2, 0.25) is 5.02 Å². The Morgan fingerprint density at radius 2 is 2.33 bits per heavy atom. The molecule has 3 nitrogen and oxygen atoms in total. The van der Waals surface area contributed by atoms with E-state index in [1.807, 2.05) is 12.3 Å². The molecular weight excluding hydrogens is 288 g/mol. The molecule has 0 saturated heterocycles. The van der Waals surface area contributed by atoms with Gasteiger partial charge in [-0.15, -0.1) is 11.3 Å². The number of halogens is 1. The highest BCUT2D eigenvalue weighted by atomic mass is 35.5. The number of thiocarbonyl (C=S) groups is 1. The summed E-state index contributed by atoms with van der Waals surface area (Å²) in [5.74, 6) is 0.674. The average Bonchev–Trinajstić information content (AvgIpc) is 2.72. The molecule has 0 atom stereocenters. The largest absolute Gasteiger partial charge is 0.486 e. The molecule has 0 amide bonds. The van der Waals surface area contributed by atoms with Crippen molar-refractivity contribution in [3.05, 3.63) is 44.9 Å².